The smallest absolute Gasteiger partial charge is 0.256 e. The second-order valence-electron chi connectivity index (χ2n) is 7.28. The lowest BCUT2D eigenvalue weighted by atomic mass is 10.1. The summed E-state index contributed by atoms with van der Waals surface area (Å²) < 4.78 is 21.1. The zero-order valence-corrected chi connectivity index (χ0v) is 17.1. The standard InChI is InChI=1S/C22H20FN5O3/c1-12(2)28-21-16(11-24-28)15(10-19(27-21)20-5-4-8-31-20)22(30)26-14-6-7-17(23)18(9-14)25-13(3)29/h4-12H,1-3H3,(H,25,29)(H,26,30). The van der Waals surface area contributed by atoms with Crippen molar-refractivity contribution in [3.05, 3.63) is 60.2 Å². The third-order valence-corrected chi connectivity index (χ3v) is 4.61. The van der Waals surface area contributed by atoms with E-state index >= 15 is 0 Å². The van der Waals surface area contributed by atoms with Crippen molar-refractivity contribution in [3.8, 4) is 11.5 Å². The summed E-state index contributed by atoms with van der Waals surface area (Å²) >= 11 is 0. The van der Waals surface area contributed by atoms with Crippen molar-refractivity contribution in [1.82, 2.24) is 14.8 Å². The number of nitrogens with zero attached hydrogens (tertiary/aromatic N) is 3. The van der Waals surface area contributed by atoms with Gasteiger partial charge in [-0.25, -0.2) is 14.1 Å². The average Bonchev–Trinajstić information content (AvgIpc) is 3.39. The van der Waals surface area contributed by atoms with Crippen LogP contribution in [0.4, 0.5) is 15.8 Å². The third kappa shape index (κ3) is 4.02. The van der Waals surface area contributed by atoms with E-state index in [-0.39, 0.29) is 11.7 Å². The fraction of sp³-hybridized carbons (Fsp3) is 0.182. The van der Waals surface area contributed by atoms with Crippen molar-refractivity contribution in [2.75, 3.05) is 10.6 Å². The minimum absolute atomic E-state index is 0.0194. The zero-order valence-electron chi connectivity index (χ0n) is 17.1. The molecule has 0 fully saturated rings. The summed E-state index contributed by atoms with van der Waals surface area (Å²) in [4.78, 5) is 29.1. The first-order chi connectivity index (χ1) is 14.8. The molecule has 2 amide bonds. The molecule has 9 heteroatoms. The minimum atomic E-state index is -0.599. The van der Waals surface area contributed by atoms with Gasteiger partial charge in [-0.2, -0.15) is 5.10 Å². The SMILES string of the molecule is CC(=O)Nc1cc(NC(=O)c2cc(-c3ccco3)nc3c2cnn3C(C)C)ccc1F. The maximum absolute atomic E-state index is 13.9. The molecule has 3 heterocycles. The predicted octanol–water partition coefficient (Wildman–Crippen LogP) is 4.62. The van der Waals surface area contributed by atoms with Gasteiger partial charge >= 0.3 is 0 Å². The van der Waals surface area contributed by atoms with Gasteiger partial charge in [-0.15, -0.1) is 0 Å². The van der Waals surface area contributed by atoms with Crippen LogP contribution in [0.2, 0.25) is 0 Å². The Morgan fingerprint density at radius 1 is 1.16 bits per heavy atom. The number of halogens is 1. The maximum Gasteiger partial charge on any atom is 0.256 e. The van der Waals surface area contributed by atoms with Gasteiger partial charge in [0.2, 0.25) is 5.91 Å². The summed E-state index contributed by atoms with van der Waals surface area (Å²) in [6, 6.07) is 9.11. The number of aromatic nitrogens is 3. The van der Waals surface area contributed by atoms with Crippen LogP contribution in [0.5, 0.6) is 0 Å². The molecule has 1 aromatic carbocycles. The van der Waals surface area contributed by atoms with Crippen LogP contribution in [0.1, 0.15) is 37.2 Å². The third-order valence-electron chi connectivity index (χ3n) is 4.61. The first-order valence-electron chi connectivity index (χ1n) is 9.64. The van der Waals surface area contributed by atoms with Crippen LogP contribution < -0.4 is 10.6 Å². The molecule has 3 aromatic heterocycles. The van der Waals surface area contributed by atoms with Crippen LogP contribution in [-0.4, -0.2) is 26.6 Å². The van der Waals surface area contributed by atoms with Crippen molar-refractivity contribution in [2.24, 2.45) is 0 Å². The van der Waals surface area contributed by atoms with Crippen molar-refractivity contribution in [3.63, 3.8) is 0 Å². The number of amides is 2. The van der Waals surface area contributed by atoms with E-state index in [0.717, 1.165) is 0 Å². The maximum atomic E-state index is 13.9. The van der Waals surface area contributed by atoms with Crippen molar-refractivity contribution < 1.29 is 18.4 Å². The Morgan fingerprint density at radius 3 is 2.65 bits per heavy atom. The van der Waals surface area contributed by atoms with Crippen molar-refractivity contribution in [2.45, 2.75) is 26.8 Å². The fourth-order valence-corrected chi connectivity index (χ4v) is 3.22. The Kier molecular flexibility index (Phi) is 5.24. The number of carbonyl (C=O) groups excluding carboxylic acids is 2. The molecule has 0 radical (unpaired) electrons. The molecule has 0 aliphatic carbocycles. The normalized spacial score (nSPS) is 11.1. The first kappa shape index (κ1) is 20.3. The number of hydrogen-bond acceptors (Lipinski definition) is 5. The van der Waals surface area contributed by atoms with E-state index < -0.39 is 17.6 Å². The van der Waals surface area contributed by atoms with Gasteiger partial charge in [0.05, 0.1) is 29.1 Å². The van der Waals surface area contributed by atoms with Crippen LogP contribution in [0.25, 0.3) is 22.5 Å². The number of benzene rings is 1. The second kappa shape index (κ2) is 8.02. The molecule has 0 saturated carbocycles. The van der Waals surface area contributed by atoms with Crippen LogP contribution >= 0.6 is 0 Å². The highest BCUT2D eigenvalue weighted by molar-refractivity contribution is 6.12. The summed E-state index contributed by atoms with van der Waals surface area (Å²) in [5.41, 5.74) is 1.69. The number of nitrogens with one attached hydrogen (secondary N) is 2. The Bertz CT molecular complexity index is 1280. The number of carbonyl (C=O) groups is 2. The molecule has 2 N–H and O–H groups in total. The minimum Gasteiger partial charge on any atom is -0.463 e. The van der Waals surface area contributed by atoms with E-state index in [1.54, 1.807) is 29.1 Å². The lowest BCUT2D eigenvalue weighted by molar-refractivity contribution is -0.114. The van der Waals surface area contributed by atoms with Crippen LogP contribution in [0.3, 0.4) is 0 Å². The average molecular weight is 421 g/mol. The molecule has 0 aliphatic rings. The lowest BCUT2D eigenvalue weighted by Crippen LogP contribution is -2.14. The van der Waals surface area contributed by atoms with E-state index in [9.17, 15) is 14.0 Å². The van der Waals surface area contributed by atoms with Gasteiger partial charge in [0.25, 0.3) is 5.91 Å². The molecule has 0 saturated heterocycles. The van der Waals surface area contributed by atoms with Gasteiger partial charge in [-0.05, 0) is 50.2 Å². The number of anilines is 2. The van der Waals surface area contributed by atoms with Crippen LogP contribution in [-0.2, 0) is 4.79 Å². The van der Waals surface area contributed by atoms with Gasteiger partial charge in [0.1, 0.15) is 11.5 Å². The summed E-state index contributed by atoms with van der Waals surface area (Å²) in [7, 11) is 0. The zero-order chi connectivity index (χ0) is 22.1. The van der Waals surface area contributed by atoms with Crippen molar-refractivity contribution in [1.29, 1.82) is 0 Å². The lowest BCUT2D eigenvalue weighted by Gasteiger charge is -2.11. The number of furan rings is 1. The first-order valence-corrected chi connectivity index (χ1v) is 9.64. The number of pyridine rings is 1. The molecular formula is C22H20FN5O3. The molecule has 4 aromatic rings. The van der Waals surface area contributed by atoms with Gasteiger partial charge in [0.15, 0.2) is 11.4 Å². The molecule has 4 rings (SSSR count). The van der Waals surface area contributed by atoms with Gasteiger partial charge in [-0.3, -0.25) is 9.59 Å². The molecule has 0 spiro atoms. The van der Waals surface area contributed by atoms with Gasteiger partial charge in [-0.1, -0.05) is 0 Å². The molecule has 0 atom stereocenters. The molecule has 0 bridgehead atoms. The summed E-state index contributed by atoms with van der Waals surface area (Å²) in [5.74, 6) is -0.925. The number of fused-ring (bicyclic) bond motifs is 1. The van der Waals surface area contributed by atoms with Gasteiger partial charge in [0, 0.05) is 18.7 Å². The highest BCUT2D eigenvalue weighted by atomic mass is 19.1. The monoisotopic (exact) mass is 421 g/mol. The molecular weight excluding hydrogens is 401 g/mol. The summed E-state index contributed by atoms with van der Waals surface area (Å²) in [6.45, 7) is 5.21. The highest BCUT2D eigenvalue weighted by Gasteiger charge is 2.20. The Morgan fingerprint density at radius 2 is 1.97 bits per heavy atom. The number of rotatable bonds is 5. The Balaban J connectivity index is 1.76. The quantitative estimate of drug-likeness (QED) is 0.489. The Labute approximate surface area is 177 Å². The predicted molar refractivity (Wildman–Crippen MR) is 114 cm³/mol. The van der Waals surface area contributed by atoms with E-state index in [1.807, 2.05) is 13.8 Å². The molecule has 31 heavy (non-hydrogen) atoms. The largest absolute Gasteiger partial charge is 0.463 e. The molecule has 0 aliphatic heterocycles. The van der Waals surface area contributed by atoms with E-state index in [2.05, 4.69) is 20.7 Å². The van der Waals surface area contributed by atoms with E-state index in [4.69, 9.17) is 4.42 Å². The number of hydrogen-bond donors (Lipinski definition) is 2. The highest BCUT2D eigenvalue weighted by Crippen LogP contribution is 2.28. The second-order valence-corrected chi connectivity index (χ2v) is 7.28. The summed E-state index contributed by atoms with van der Waals surface area (Å²) in [6.07, 6.45) is 3.12. The summed E-state index contributed by atoms with van der Waals surface area (Å²) in [5, 5.41) is 10.1. The van der Waals surface area contributed by atoms with E-state index in [0.29, 0.717) is 33.7 Å². The van der Waals surface area contributed by atoms with Crippen LogP contribution in [0.15, 0.2) is 53.3 Å². The van der Waals surface area contributed by atoms with Gasteiger partial charge < -0.3 is 15.1 Å². The molecule has 0 unspecified atom stereocenters. The molecule has 8 nitrogen and oxygen atoms in total. The van der Waals surface area contributed by atoms with Crippen LogP contribution in [0, 0.1) is 5.82 Å². The van der Waals surface area contributed by atoms with Crippen molar-refractivity contribution >= 4 is 34.2 Å². The topological polar surface area (TPSA) is 102 Å². The van der Waals surface area contributed by atoms with E-state index in [1.165, 1.54) is 31.4 Å². The fourth-order valence-electron chi connectivity index (χ4n) is 3.22. The molecule has 158 valence electrons. The Hall–Kier alpha value is -4.01.